The van der Waals surface area contributed by atoms with Gasteiger partial charge in [-0.25, -0.2) is 9.78 Å². The van der Waals surface area contributed by atoms with Gasteiger partial charge in [0.05, 0.1) is 11.3 Å². The zero-order valence-electron chi connectivity index (χ0n) is 19.3. The Bertz CT molecular complexity index is 1110. The van der Waals surface area contributed by atoms with Crippen molar-refractivity contribution in [3.63, 3.8) is 0 Å². The number of hydrogen-bond donors (Lipinski definition) is 4. The van der Waals surface area contributed by atoms with Gasteiger partial charge in [0.25, 0.3) is 5.91 Å². The average molecular weight is 459 g/mol. The highest BCUT2D eigenvalue weighted by molar-refractivity contribution is 5.99. The summed E-state index contributed by atoms with van der Waals surface area (Å²) < 4.78 is 0. The topological polar surface area (TPSA) is 108 Å². The molecule has 0 atom stereocenters. The molecule has 1 aliphatic rings. The molecule has 1 aromatic carbocycles. The van der Waals surface area contributed by atoms with Gasteiger partial charge in [-0.15, -0.1) is 0 Å². The Balaban J connectivity index is 1.41. The van der Waals surface area contributed by atoms with Crippen LogP contribution in [0.5, 0.6) is 0 Å². The molecule has 1 saturated carbocycles. The largest absolute Gasteiger partial charge is 0.367 e. The highest BCUT2D eigenvalue weighted by Gasteiger charge is 2.24. The molecule has 0 aliphatic heterocycles. The Morgan fingerprint density at radius 1 is 1.03 bits per heavy atom. The third-order valence-electron chi connectivity index (χ3n) is 5.49. The van der Waals surface area contributed by atoms with Crippen molar-refractivity contribution in [2.45, 2.75) is 45.2 Å². The molecule has 2 heterocycles. The summed E-state index contributed by atoms with van der Waals surface area (Å²) >= 11 is 0. The Labute approximate surface area is 199 Å². The first-order valence-corrected chi connectivity index (χ1v) is 11.7. The Morgan fingerprint density at radius 2 is 1.85 bits per heavy atom. The first-order valence-electron chi connectivity index (χ1n) is 11.7. The van der Waals surface area contributed by atoms with Gasteiger partial charge in [-0.1, -0.05) is 31.5 Å². The summed E-state index contributed by atoms with van der Waals surface area (Å²) in [6.07, 6.45) is 7.57. The summed E-state index contributed by atoms with van der Waals surface area (Å²) in [7, 11) is 0. The quantitative estimate of drug-likeness (QED) is 0.333. The molecule has 1 aliphatic carbocycles. The summed E-state index contributed by atoms with van der Waals surface area (Å²) in [6.45, 7) is 3.15. The number of amides is 3. The van der Waals surface area contributed by atoms with Gasteiger partial charge in [0, 0.05) is 42.8 Å². The minimum atomic E-state index is -0.288. The molecule has 176 valence electrons. The van der Waals surface area contributed by atoms with Crippen LogP contribution >= 0.6 is 0 Å². The van der Waals surface area contributed by atoms with E-state index in [9.17, 15) is 9.59 Å². The molecular weight excluding hydrogens is 428 g/mol. The molecule has 3 aromatic rings. The molecule has 2 aromatic heterocycles. The number of benzene rings is 1. The monoisotopic (exact) mass is 458 g/mol. The molecule has 8 nitrogen and oxygen atoms in total. The van der Waals surface area contributed by atoms with E-state index in [1.54, 1.807) is 12.4 Å². The van der Waals surface area contributed by atoms with Crippen molar-refractivity contribution in [2.75, 3.05) is 17.2 Å². The van der Waals surface area contributed by atoms with E-state index in [4.69, 9.17) is 4.98 Å². The third kappa shape index (κ3) is 6.54. The lowest BCUT2D eigenvalue weighted by Crippen LogP contribution is -2.28. The number of nitrogens with one attached hydrogen (secondary N) is 4. The maximum atomic E-state index is 12.6. The number of nitrogens with zero attached hydrogens (tertiary/aromatic N) is 2. The van der Waals surface area contributed by atoms with Crippen molar-refractivity contribution in [3.05, 3.63) is 72.1 Å². The second-order valence-electron chi connectivity index (χ2n) is 8.37. The lowest BCUT2D eigenvalue weighted by atomic mass is 10.1. The first kappa shape index (κ1) is 23.2. The van der Waals surface area contributed by atoms with Crippen LogP contribution in [-0.2, 0) is 6.54 Å². The van der Waals surface area contributed by atoms with E-state index in [0.717, 1.165) is 42.5 Å². The Kier molecular flexibility index (Phi) is 7.70. The predicted molar refractivity (Wildman–Crippen MR) is 134 cm³/mol. The lowest BCUT2D eigenvalue weighted by molar-refractivity contribution is 0.0953. The van der Waals surface area contributed by atoms with Crippen LogP contribution in [0.3, 0.4) is 0 Å². The molecule has 1 fully saturated rings. The minimum absolute atomic E-state index is 0.104. The van der Waals surface area contributed by atoms with Gasteiger partial charge in [-0.2, -0.15) is 0 Å². The van der Waals surface area contributed by atoms with Crippen LogP contribution in [0.4, 0.5) is 16.3 Å². The SMILES string of the molecule is CCCCNC(=O)c1ccc(-c2ccc(NC(=O)NCc3cccnc3)cc2)nc1NC1CC1. The minimum Gasteiger partial charge on any atom is -0.367 e. The molecule has 0 unspecified atom stereocenters. The smallest absolute Gasteiger partial charge is 0.319 e. The molecule has 34 heavy (non-hydrogen) atoms. The summed E-state index contributed by atoms with van der Waals surface area (Å²) in [5.41, 5.74) is 3.84. The van der Waals surface area contributed by atoms with Crippen molar-refractivity contribution < 1.29 is 9.59 Å². The van der Waals surface area contributed by atoms with E-state index in [-0.39, 0.29) is 11.9 Å². The number of urea groups is 1. The fraction of sp³-hybridized carbons (Fsp3) is 0.308. The van der Waals surface area contributed by atoms with Crippen molar-refractivity contribution in [3.8, 4) is 11.3 Å². The van der Waals surface area contributed by atoms with Crippen LogP contribution < -0.4 is 21.3 Å². The van der Waals surface area contributed by atoms with Gasteiger partial charge in [0.15, 0.2) is 0 Å². The first-order chi connectivity index (χ1) is 16.6. The molecule has 3 amide bonds. The maximum absolute atomic E-state index is 12.6. The number of carbonyl (C=O) groups excluding carboxylic acids is 2. The van der Waals surface area contributed by atoms with Crippen LogP contribution in [0.15, 0.2) is 60.9 Å². The Morgan fingerprint density at radius 3 is 2.56 bits per heavy atom. The fourth-order valence-corrected chi connectivity index (χ4v) is 3.39. The number of aromatic nitrogens is 2. The summed E-state index contributed by atoms with van der Waals surface area (Å²) in [4.78, 5) is 33.6. The summed E-state index contributed by atoms with van der Waals surface area (Å²) in [6, 6.07) is 15.0. The van der Waals surface area contributed by atoms with E-state index in [2.05, 4.69) is 33.2 Å². The zero-order chi connectivity index (χ0) is 23.8. The third-order valence-corrected chi connectivity index (χ3v) is 5.49. The van der Waals surface area contributed by atoms with Gasteiger partial charge >= 0.3 is 6.03 Å². The average Bonchev–Trinajstić information content (AvgIpc) is 3.68. The van der Waals surface area contributed by atoms with E-state index < -0.39 is 0 Å². The van der Waals surface area contributed by atoms with E-state index in [1.807, 2.05) is 48.5 Å². The number of hydrogen-bond acceptors (Lipinski definition) is 5. The van der Waals surface area contributed by atoms with Crippen LogP contribution in [0, 0.1) is 0 Å². The molecule has 4 rings (SSSR count). The zero-order valence-corrected chi connectivity index (χ0v) is 19.3. The van der Waals surface area contributed by atoms with Crippen LogP contribution in [0.2, 0.25) is 0 Å². The number of anilines is 2. The van der Waals surface area contributed by atoms with Crippen LogP contribution in [0.1, 0.15) is 48.5 Å². The number of pyridine rings is 2. The molecule has 0 saturated heterocycles. The van der Waals surface area contributed by atoms with Gasteiger partial charge in [-0.05, 0) is 55.2 Å². The van der Waals surface area contributed by atoms with Gasteiger partial charge in [0.1, 0.15) is 5.82 Å². The van der Waals surface area contributed by atoms with E-state index in [0.29, 0.717) is 36.2 Å². The second-order valence-corrected chi connectivity index (χ2v) is 8.37. The molecule has 0 bridgehead atoms. The van der Waals surface area contributed by atoms with E-state index in [1.165, 1.54) is 0 Å². The van der Waals surface area contributed by atoms with Crippen molar-refractivity contribution in [1.82, 2.24) is 20.6 Å². The predicted octanol–water partition coefficient (Wildman–Crippen LogP) is 4.57. The number of rotatable bonds is 10. The van der Waals surface area contributed by atoms with Crippen molar-refractivity contribution >= 4 is 23.4 Å². The molecule has 8 heteroatoms. The van der Waals surface area contributed by atoms with Crippen LogP contribution in [0.25, 0.3) is 11.3 Å². The number of carbonyl (C=O) groups is 2. The van der Waals surface area contributed by atoms with E-state index >= 15 is 0 Å². The molecule has 4 N–H and O–H groups in total. The standard InChI is InChI=1S/C26H30N6O2/c1-2-3-15-28-25(33)22-12-13-23(32-24(22)30-20-10-11-20)19-6-8-21(9-7-19)31-26(34)29-17-18-5-4-14-27-16-18/h4-9,12-14,16,20H,2-3,10-11,15,17H2,1H3,(H,28,33)(H,30,32)(H2,29,31,34). The normalized spacial score (nSPS) is 12.6. The summed E-state index contributed by atoms with van der Waals surface area (Å²) in [5.74, 6) is 0.512. The highest BCUT2D eigenvalue weighted by atomic mass is 16.2. The van der Waals surface area contributed by atoms with Crippen molar-refractivity contribution in [2.24, 2.45) is 0 Å². The maximum Gasteiger partial charge on any atom is 0.319 e. The van der Waals surface area contributed by atoms with Crippen LogP contribution in [-0.4, -0.2) is 34.5 Å². The van der Waals surface area contributed by atoms with Gasteiger partial charge < -0.3 is 21.3 Å². The van der Waals surface area contributed by atoms with Gasteiger partial charge in [-0.3, -0.25) is 9.78 Å². The van der Waals surface area contributed by atoms with Crippen molar-refractivity contribution in [1.29, 1.82) is 0 Å². The highest BCUT2D eigenvalue weighted by Crippen LogP contribution is 2.28. The Hall–Kier alpha value is -3.94. The molecule has 0 radical (unpaired) electrons. The molecular formula is C26H30N6O2. The lowest BCUT2D eigenvalue weighted by Gasteiger charge is -2.13. The number of unbranched alkanes of at least 4 members (excludes halogenated alkanes) is 1. The summed E-state index contributed by atoms with van der Waals surface area (Å²) in [5, 5.41) is 12.0. The molecule has 0 spiro atoms. The fourth-order valence-electron chi connectivity index (χ4n) is 3.39. The second kappa shape index (κ2) is 11.3. The van der Waals surface area contributed by atoms with Gasteiger partial charge in [0.2, 0.25) is 0 Å².